The van der Waals surface area contributed by atoms with Crippen LogP contribution in [0.4, 0.5) is 17.1 Å². The first-order chi connectivity index (χ1) is 19.5. The Morgan fingerprint density at radius 3 is 2.00 bits per heavy atom. The monoisotopic (exact) mass is 540 g/mol. The molecule has 6 rings (SSSR count). The SMILES string of the molecule is CCN1CCN(C2CCN(C3CCN(c4c(N(C)c5ccc(C)cc5)cnc5ccc(C)cc45)CC3)CC2)CC1. The van der Waals surface area contributed by atoms with Gasteiger partial charge in [-0.25, -0.2) is 0 Å². The Hall–Kier alpha value is -2.67. The molecule has 4 heterocycles. The van der Waals surface area contributed by atoms with Gasteiger partial charge in [0, 0.05) is 69.5 Å². The fourth-order valence-electron chi connectivity index (χ4n) is 7.28. The molecule has 0 unspecified atom stereocenters. The second-order valence-electron chi connectivity index (χ2n) is 12.4. The van der Waals surface area contributed by atoms with Crippen molar-refractivity contribution in [3.05, 3.63) is 59.8 Å². The number of fused-ring (bicyclic) bond motifs is 1. The van der Waals surface area contributed by atoms with E-state index in [0.717, 1.165) is 24.6 Å². The summed E-state index contributed by atoms with van der Waals surface area (Å²) in [5, 5.41) is 1.28. The van der Waals surface area contributed by atoms with E-state index in [9.17, 15) is 0 Å². The highest BCUT2D eigenvalue weighted by molar-refractivity contribution is 5.99. The molecule has 3 aliphatic heterocycles. The molecule has 0 radical (unpaired) electrons. The fraction of sp³-hybridized carbons (Fsp3) is 0.559. The number of piperidine rings is 2. The van der Waals surface area contributed by atoms with Crippen molar-refractivity contribution >= 4 is 28.0 Å². The third kappa shape index (κ3) is 5.72. The molecule has 3 aromatic rings. The van der Waals surface area contributed by atoms with Gasteiger partial charge in [0.1, 0.15) is 0 Å². The summed E-state index contributed by atoms with van der Waals surface area (Å²) in [6, 6.07) is 17.0. The molecule has 2 aromatic carbocycles. The van der Waals surface area contributed by atoms with Crippen molar-refractivity contribution in [1.82, 2.24) is 19.7 Å². The van der Waals surface area contributed by atoms with Gasteiger partial charge in [-0.1, -0.05) is 36.2 Å². The van der Waals surface area contributed by atoms with E-state index in [0.29, 0.717) is 6.04 Å². The molecule has 6 heteroatoms. The Kier molecular flexibility index (Phi) is 8.29. The zero-order valence-electron chi connectivity index (χ0n) is 25.1. The van der Waals surface area contributed by atoms with Gasteiger partial charge in [0.25, 0.3) is 0 Å². The molecule has 0 spiro atoms. The average molecular weight is 541 g/mol. The molecular weight excluding hydrogens is 492 g/mol. The third-order valence-electron chi connectivity index (χ3n) is 9.93. The van der Waals surface area contributed by atoms with Gasteiger partial charge in [0.15, 0.2) is 0 Å². The summed E-state index contributed by atoms with van der Waals surface area (Å²) in [7, 11) is 2.19. The first-order valence-electron chi connectivity index (χ1n) is 15.7. The predicted octanol–water partition coefficient (Wildman–Crippen LogP) is 5.69. The number of likely N-dealkylation sites (N-methyl/N-ethyl adjacent to an activating group) is 1. The van der Waals surface area contributed by atoms with E-state index in [2.05, 4.69) is 101 Å². The summed E-state index contributed by atoms with van der Waals surface area (Å²) in [6.45, 7) is 17.6. The lowest BCUT2D eigenvalue weighted by Gasteiger charge is -2.46. The highest BCUT2D eigenvalue weighted by Crippen LogP contribution is 2.40. The second-order valence-corrected chi connectivity index (χ2v) is 12.4. The third-order valence-corrected chi connectivity index (χ3v) is 9.93. The van der Waals surface area contributed by atoms with Crippen LogP contribution < -0.4 is 9.80 Å². The van der Waals surface area contributed by atoms with Gasteiger partial charge in [-0.2, -0.15) is 0 Å². The van der Waals surface area contributed by atoms with E-state index in [1.807, 2.05) is 0 Å². The molecule has 0 amide bonds. The van der Waals surface area contributed by atoms with Crippen LogP contribution in [0.1, 0.15) is 43.7 Å². The largest absolute Gasteiger partial charge is 0.369 e. The van der Waals surface area contributed by atoms with Crippen molar-refractivity contribution in [3.8, 4) is 0 Å². The number of hydrogen-bond acceptors (Lipinski definition) is 6. The first kappa shape index (κ1) is 27.5. The molecule has 3 fully saturated rings. The van der Waals surface area contributed by atoms with Crippen molar-refractivity contribution in [3.63, 3.8) is 0 Å². The minimum Gasteiger partial charge on any atom is -0.369 e. The Balaban J connectivity index is 1.15. The van der Waals surface area contributed by atoms with Crippen molar-refractivity contribution < 1.29 is 0 Å². The van der Waals surface area contributed by atoms with Crippen molar-refractivity contribution in [2.45, 2.75) is 58.5 Å². The topological polar surface area (TPSA) is 29.1 Å². The summed E-state index contributed by atoms with van der Waals surface area (Å²) >= 11 is 0. The lowest BCUT2D eigenvalue weighted by atomic mass is 9.96. The highest BCUT2D eigenvalue weighted by Gasteiger charge is 2.32. The van der Waals surface area contributed by atoms with Crippen LogP contribution in [-0.2, 0) is 0 Å². The number of aromatic nitrogens is 1. The van der Waals surface area contributed by atoms with E-state index in [4.69, 9.17) is 4.98 Å². The van der Waals surface area contributed by atoms with Crippen LogP contribution in [0.2, 0.25) is 0 Å². The maximum Gasteiger partial charge on any atom is 0.0839 e. The number of rotatable bonds is 6. The number of pyridine rings is 1. The molecular formula is C34H48N6. The molecule has 0 bridgehead atoms. The highest BCUT2D eigenvalue weighted by atomic mass is 15.3. The number of aryl methyl sites for hydroxylation is 2. The number of nitrogens with zero attached hydrogens (tertiary/aromatic N) is 6. The molecule has 3 aliphatic rings. The number of benzene rings is 2. The zero-order valence-corrected chi connectivity index (χ0v) is 25.1. The van der Waals surface area contributed by atoms with Crippen LogP contribution in [0, 0.1) is 13.8 Å². The van der Waals surface area contributed by atoms with Gasteiger partial charge < -0.3 is 19.6 Å². The van der Waals surface area contributed by atoms with Crippen LogP contribution in [0.25, 0.3) is 10.9 Å². The van der Waals surface area contributed by atoms with E-state index in [1.54, 1.807) is 0 Å². The number of likely N-dealkylation sites (tertiary alicyclic amines) is 1. The Bertz CT molecular complexity index is 1270. The average Bonchev–Trinajstić information content (AvgIpc) is 3.01. The normalized spacial score (nSPS) is 20.9. The minimum atomic E-state index is 0.710. The molecule has 6 nitrogen and oxygen atoms in total. The van der Waals surface area contributed by atoms with E-state index < -0.39 is 0 Å². The summed E-state index contributed by atoms with van der Waals surface area (Å²) in [5.41, 5.74) is 7.42. The predicted molar refractivity (Wildman–Crippen MR) is 169 cm³/mol. The number of hydrogen-bond donors (Lipinski definition) is 0. The molecule has 0 saturated carbocycles. The van der Waals surface area contributed by atoms with Crippen LogP contribution in [0.15, 0.2) is 48.7 Å². The van der Waals surface area contributed by atoms with E-state index in [1.165, 1.54) is 105 Å². The summed E-state index contributed by atoms with van der Waals surface area (Å²) in [5.74, 6) is 0. The lowest BCUT2D eigenvalue weighted by molar-refractivity contribution is 0.0450. The number of anilines is 3. The Morgan fingerprint density at radius 1 is 0.750 bits per heavy atom. The zero-order chi connectivity index (χ0) is 27.6. The summed E-state index contributed by atoms with van der Waals surface area (Å²) in [4.78, 5) is 18.1. The van der Waals surface area contributed by atoms with Gasteiger partial charge in [-0.15, -0.1) is 0 Å². The standard InChI is InChI=1S/C34H48N6/c1-5-37-20-22-39(23-21-37)30-12-16-38(17-13-30)29-14-18-40(19-15-29)34-31-24-27(3)8-11-32(31)35-25-33(34)36(4)28-9-6-26(2)7-10-28/h6-11,24-25,29-30H,5,12-23H2,1-4H3. The number of piperazine rings is 1. The van der Waals surface area contributed by atoms with Crippen molar-refractivity contribution in [2.24, 2.45) is 0 Å². The van der Waals surface area contributed by atoms with Crippen molar-refractivity contribution in [2.75, 3.05) is 75.8 Å². The van der Waals surface area contributed by atoms with E-state index in [-0.39, 0.29) is 0 Å². The quantitative estimate of drug-likeness (QED) is 0.399. The molecule has 0 N–H and O–H groups in total. The first-order valence-corrected chi connectivity index (χ1v) is 15.7. The molecule has 3 saturated heterocycles. The molecule has 214 valence electrons. The van der Waals surface area contributed by atoms with Crippen LogP contribution in [0.3, 0.4) is 0 Å². The van der Waals surface area contributed by atoms with Gasteiger partial charge >= 0.3 is 0 Å². The summed E-state index contributed by atoms with van der Waals surface area (Å²) < 4.78 is 0. The van der Waals surface area contributed by atoms with Gasteiger partial charge in [-0.3, -0.25) is 9.88 Å². The Morgan fingerprint density at radius 2 is 1.35 bits per heavy atom. The van der Waals surface area contributed by atoms with Crippen LogP contribution in [0.5, 0.6) is 0 Å². The van der Waals surface area contributed by atoms with Crippen LogP contribution >= 0.6 is 0 Å². The molecule has 40 heavy (non-hydrogen) atoms. The van der Waals surface area contributed by atoms with Gasteiger partial charge in [0.2, 0.25) is 0 Å². The fourth-order valence-corrected chi connectivity index (χ4v) is 7.28. The maximum absolute atomic E-state index is 4.90. The van der Waals surface area contributed by atoms with Crippen molar-refractivity contribution in [1.29, 1.82) is 0 Å². The molecule has 1 aromatic heterocycles. The summed E-state index contributed by atoms with van der Waals surface area (Å²) in [6.07, 6.45) is 7.24. The van der Waals surface area contributed by atoms with Gasteiger partial charge in [0.05, 0.1) is 23.1 Å². The molecule has 0 aliphatic carbocycles. The van der Waals surface area contributed by atoms with Crippen LogP contribution in [-0.4, -0.2) is 97.7 Å². The Labute approximate surface area is 241 Å². The maximum atomic E-state index is 4.90. The van der Waals surface area contributed by atoms with Gasteiger partial charge in [-0.05, 0) is 83.4 Å². The van der Waals surface area contributed by atoms with E-state index >= 15 is 0 Å². The lowest BCUT2D eigenvalue weighted by Crippen LogP contribution is -2.55. The second kappa shape index (κ2) is 12.1. The smallest absolute Gasteiger partial charge is 0.0839 e. The minimum absolute atomic E-state index is 0.710. The molecule has 0 atom stereocenters.